The molecule has 0 radical (unpaired) electrons. The number of methoxy groups -OCH3 is 2. The molecule has 0 aliphatic rings. The number of rotatable bonds is 11. The van der Waals surface area contributed by atoms with Crippen molar-refractivity contribution < 1.29 is 28.5 Å². The summed E-state index contributed by atoms with van der Waals surface area (Å²) in [5.74, 6) is 2.70. The van der Waals surface area contributed by atoms with E-state index in [2.05, 4.69) is 0 Å². The van der Waals surface area contributed by atoms with E-state index in [1.165, 1.54) is 0 Å². The van der Waals surface area contributed by atoms with Crippen LogP contribution >= 0.6 is 0 Å². The Hall–Kier alpha value is -6.54. The SMILES string of the molecule is COc1ccc(C(=O)c2cc(Oc3ccc(N)cc3)ccc2-c2ccc(Oc3ccc(N)cc3)cc2C(=O)c2ccc(OC)cc2)cc1. The molecular weight excluding hydrogens is 604 g/mol. The van der Waals surface area contributed by atoms with Crippen molar-refractivity contribution >= 4 is 22.9 Å². The van der Waals surface area contributed by atoms with Crippen LogP contribution in [-0.2, 0) is 0 Å². The number of carbonyl (C=O) groups excluding carboxylic acids is 2. The Labute approximate surface area is 278 Å². The molecule has 0 bridgehead atoms. The highest BCUT2D eigenvalue weighted by molar-refractivity contribution is 6.17. The number of hydrogen-bond donors (Lipinski definition) is 2. The van der Waals surface area contributed by atoms with E-state index in [1.54, 1.807) is 148 Å². The molecule has 0 aliphatic carbocycles. The molecule has 0 atom stereocenters. The van der Waals surface area contributed by atoms with Crippen molar-refractivity contribution in [3.05, 3.63) is 156 Å². The van der Waals surface area contributed by atoms with Gasteiger partial charge >= 0.3 is 0 Å². The fourth-order valence-corrected chi connectivity index (χ4v) is 5.16. The van der Waals surface area contributed by atoms with Gasteiger partial charge in [0, 0.05) is 33.6 Å². The summed E-state index contributed by atoms with van der Waals surface area (Å²) in [4.78, 5) is 28.4. The lowest BCUT2D eigenvalue weighted by Crippen LogP contribution is -2.08. The number of ether oxygens (including phenoxy) is 4. The maximum atomic E-state index is 14.2. The standard InChI is InChI=1S/C40H32N2O6/c1-45-29-11-3-25(4-12-29)39(43)37-23-33(47-31-15-7-27(41)8-16-31)19-21-35(37)36-22-20-34(48-32-17-9-28(42)10-18-32)24-38(36)40(44)26-5-13-30(46-2)14-6-26/h3-24H,41-42H2,1-2H3. The Bertz CT molecular complexity index is 1920. The van der Waals surface area contributed by atoms with Gasteiger partial charge in [0.2, 0.25) is 0 Å². The second-order valence-electron chi connectivity index (χ2n) is 10.9. The van der Waals surface area contributed by atoms with Gasteiger partial charge in [-0.1, -0.05) is 0 Å². The first-order valence-corrected chi connectivity index (χ1v) is 15.0. The third-order valence-corrected chi connectivity index (χ3v) is 7.70. The van der Waals surface area contributed by atoms with Crippen LogP contribution < -0.4 is 30.4 Å². The molecule has 6 aromatic carbocycles. The van der Waals surface area contributed by atoms with Gasteiger partial charge in [-0.25, -0.2) is 0 Å². The van der Waals surface area contributed by atoms with Gasteiger partial charge in [0.15, 0.2) is 11.6 Å². The van der Waals surface area contributed by atoms with Gasteiger partial charge in [0.25, 0.3) is 0 Å². The lowest BCUT2D eigenvalue weighted by Gasteiger charge is -2.17. The van der Waals surface area contributed by atoms with Crippen molar-refractivity contribution in [3.63, 3.8) is 0 Å². The average Bonchev–Trinajstić information content (AvgIpc) is 3.13. The highest BCUT2D eigenvalue weighted by atomic mass is 16.5. The zero-order valence-electron chi connectivity index (χ0n) is 26.3. The minimum Gasteiger partial charge on any atom is -0.497 e. The summed E-state index contributed by atoms with van der Waals surface area (Å²) < 4.78 is 22.8. The van der Waals surface area contributed by atoms with Gasteiger partial charge in [-0.2, -0.15) is 0 Å². The Balaban J connectivity index is 1.49. The summed E-state index contributed by atoms with van der Waals surface area (Å²) in [5.41, 5.74) is 15.5. The summed E-state index contributed by atoms with van der Waals surface area (Å²) in [6.45, 7) is 0. The van der Waals surface area contributed by atoms with Crippen LogP contribution in [0.3, 0.4) is 0 Å². The highest BCUT2D eigenvalue weighted by Crippen LogP contribution is 2.37. The second kappa shape index (κ2) is 13.8. The average molecular weight is 637 g/mol. The van der Waals surface area contributed by atoms with E-state index >= 15 is 0 Å². The van der Waals surface area contributed by atoms with E-state index in [1.807, 2.05) is 0 Å². The van der Waals surface area contributed by atoms with E-state index in [4.69, 9.17) is 30.4 Å². The lowest BCUT2D eigenvalue weighted by atomic mass is 9.88. The second-order valence-corrected chi connectivity index (χ2v) is 10.9. The molecule has 0 fully saturated rings. The Morgan fingerprint density at radius 1 is 0.417 bits per heavy atom. The number of nitrogens with two attached hydrogens (primary N) is 2. The molecule has 0 unspecified atom stereocenters. The van der Waals surface area contributed by atoms with Crippen LogP contribution in [0.25, 0.3) is 11.1 Å². The van der Waals surface area contributed by atoms with Crippen LogP contribution in [0, 0.1) is 0 Å². The summed E-state index contributed by atoms with van der Waals surface area (Å²) in [7, 11) is 3.13. The molecule has 0 amide bonds. The van der Waals surface area contributed by atoms with Crippen LogP contribution in [0.2, 0.25) is 0 Å². The van der Waals surface area contributed by atoms with Gasteiger partial charge in [-0.05, 0) is 145 Å². The Kier molecular flexibility index (Phi) is 9.07. The summed E-state index contributed by atoms with van der Waals surface area (Å²) in [5, 5.41) is 0. The third kappa shape index (κ3) is 6.98. The normalized spacial score (nSPS) is 10.6. The molecule has 0 heterocycles. The predicted molar refractivity (Wildman–Crippen MR) is 187 cm³/mol. The third-order valence-electron chi connectivity index (χ3n) is 7.70. The topological polar surface area (TPSA) is 123 Å². The van der Waals surface area contributed by atoms with Crippen LogP contribution in [0.5, 0.6) is 34.5 Å². The van der Waals surface area contributed by atoms with Crippen LogP contribution in [-0.4, -0.2) is 25.8 Å². The van der Waals surface area contributed by atoms with E-state index in [0.717, 1.165) is 0 Å². The monoisotopic (exact) mass is 636 g/mol. The van der Waals surface area contributed by atoms with E-state index in [0.29, 0.717) is 79.3 Å². The van der Waals surface area contributed by atoms with Gasteiger partial charge < -0.3 is 30.4 Å². The Morgan fingerprint density at radius 2 is 0.729 bits per heavy atom. The molecule has 4 N–H and O–H groups in total. The first kappa shape index (κ1) is 31.4. The molecular formula is C40H32N2O6. The molecule has 0 spiro atoms. The number of anilines is 2. The maximum absolute atomic E-state index is 14.2. The first-order chi connectivity index (χ1) is 23.3. The van der Waals surface area contributed by atoms with Crippen molar-refractivity contribution in [1.29, 1.82) is 0 Å². The minimum atomic E-state index is -0.263. The maximum Gasteiger partial charge on any atom is 0.193 e. The zero-order chi connectivity index (χ0) is 33.6. The molecule has 6 rings (SSSR count). The smallest absolute Gasteiger partial charge is 0.193 e. The number of benzene rings is 6. The largest absolute Gasteiger partial charge is 0.497 e. The molecule has 0 aliphatic heterocycles. The number of ketones is 2. The van der Waals surface area contributed by atoms with Gasteiger partial charge in [0.1, 0.15) is 34.5 Å². The molecule has 0 aromatic heterocycles. The van der Waals surface area contributed by atoms with Crippen LogP contribution in [0.15, 0.2) is 133 Å². The van der Waals surface area contributed by atoms with Crippen molar-refractivity contribution in [2.75, 3.05) is 25.7 Å². The number of carbonyl (C=O) groups is 2. The van der Waals surface area contributed by atoms with Crippen molar-refractivity contribution in [1.82, 2.24) is 0 Å². The van der Waals surface area contributed by atoms with Crippen molar-refractivity contribution in [2.24, 2.45) is 0 Å². The summed E-state index contributed by atoms with van der Waals surface area (Å²) >= 11 is 0. The molecule has 6 aromatic rings. The van der Waals surface area contributed by atoms with Crippen LogP contribution in [0.1, 0.15) is 31.8 Å². The van der Waals surface area contributed by atoms with E-state index < -0.39 is 0 Å². The quantitative estimate of drug-likeness (QED) is 0.107. The van der Waals surface area contributed by atoms with Gasteiger partial charge in [0.05, 0.1) is 14.2 Å². The fourth-order valence-electron chi connectivity index (χ4n) is 5.16. The predicted octanol–water partition coefficient (Wildman–Crippen LogP) is 8.58. The molecule has 8 nitrogen and oxygen atoms in total. The van der Waals surface area contributed by atoms with Crippen LogP contribution in [0.4, 0.5) is 11.4 Å². The zero-order valence-corrected chi connectivity index (χ0v) is 26.3. The summed E-state index contributed by atoms with van der Waals surface area (Å²) in [6, 6.07) is 38.1. The van der Waals surface area contributed by atoms with E-state index in [9.17, 15) is 9.59 Å². The summed E-state index contributed by atoms with van der Waals surface area (Å²) in [6.07, 6.45) is 0. The minimum absolute atomic E-state index is 0.263. The Morgan fingerprint density at radius 3 is 1.06 bits per heavy atom. The number of hydrogen-bond acceptors (Lipinski definition) is 8. The van der Waals surface area contributed by atoms with Crippen molar-refractivity contribution in [2.45, 2.75) is 0 Å². The fraction of sp³-hybridized carbons (Fsp3) is 0.0500. The molecule has 8 heteroatoms. The van der Waals surface area contributed by atoms with Gasteiger partial charge in [-0.3, -0.25) is 9.59 Å². The van der Waals surface area contributed by atoms with E-state index in [-0.39, 0.29) is 11.6 Å². The lowest BCUT2D eigenvalue weighted by molar-refractivity contribution is 0.102. The van der Waals surface area contributed by atoms with Crippen molar-refractivity contribution in [3.8, 4) is 45.6 Å². The molecule has 48 heavy (non-hydrogen) atoms. The molecule has 0 saturated heterocycles. The highest BCUT2D eigenvalue weighted by Gasteiger charge is 2.23. The molecule has 238 valence electrons. The van der Waals surface area contributed by atoms with Gasteiger partial charge in [-0.15, -0.1) is 0 Å². The number of nitrogen functional groups attached to an aromatic ring is 2. The molecule has 0 saturated carbocycles. The first-order valence-electron chi connectivity index (χ1n) is 15.0.